The van der Waals surface area contributed by atoms with E-state index in [1.807, 2.05) is 25.1 Å². The highest BCUT2D eigenvalue weighted by Gasteiger charge is 2.27. The van der Waals surface area contributed by atoms with Gasteiger partial charge in [-0.1, -0.05) is 25.1 Å². The van der Waals surface area contributed by atoms with Crippen LogP contribution in [0.4, 0.5) is 0 Å². The summed E-state index contributed by atoms with van der Waals surface area (Å²) in [6, 6.07) is 8.08. The first kappa shape index (κ1) is 13.1. The maximum Gasteiger partial charge on any atom is 0.136 e. The Morgan fingerprint density at radius 3 is 2.89 bits per heavy atom. The fourth-order valence-corrected chi connectivity index (χ4v) is 2.76. The second kappa shape index (κ2) is 6.03. The summed E-state index contributed by atoms with van der Waals surface area (Å²) in [6.45, 7) is 4.91. The van der Waals surface area contributed by atoms with Gasteiger partial charge in [0.05, 0.1) is 6.61 Å². The first-order chi connectivity index (χ1) is 8.70. The standard InChI is InChI=1S/C16H22O2/c1-3-18-16-7-5-4-6-13(16)11-14-10-12(2)8-9-15(14)17/h4-7,12,14H,3,8-11H2,1-2H3. The molecular weight excluding hydrogens is 224 g/mol. The third kappa shape index (κ3) is 3.12. The Kier molecular flexibility index (Phi) is 4.40. The molecule has 2 heteroatoms. The lowest BCUT2D eigenvalue weighted by Gasteiger charge is -2.26. The third-order valence-electron chi connectivity index (χ3n) is 3.76. The van der Waals surface area contributed by atoms with Gasteiger partial charge in [-0.25, -0.2) is 0 Å². The zero-order valence-corrected chi connectivity index (χ0v) is 11.3. The van der Waals surface area contributed by atoms with Gasteiger partial charge in [-0.3, -0.25) is 4.79 Å². The Balaban J connectivity index is 2.10. The van der Waals surface area contributed by atoms with Crippen molar-refractivity contribution in [1.82, 2.24) is 0 Å². The lowest BCUT2D eigenvalue weighted by molar-refractivity contribution is -0.125. The molecular formula is C16H22O2. The molecule has 1 saturated carbocycles. The molecule has 0 aromatic heterocycles. The summed E-state index contributed by atoms with van der Waals surface area (Å²) in [5.74, 6) is 2.23. The van der Waals surface area contributed by atoms with Gasteiger partial charge in [0, 0.05) is 12.3 Å². The fraction of sp³-hybridized carbons (Fsp3) is 0.562. The molecule has 0 radical (unpaired) electrons. The van der Waals surface area contributed by atoms with Crippen LogP contribution >= 0.6 is 0 Å². The van der Waals surface area contributed by atoms with Gasteiger partial charge in [0.2, 0.25) is 0 Å². The van der Waals surface area contributed by atoms with Crippen LogP contribution in [-0.2, 0) is 11.2 Å². The van der Waals surface area contributed by atoms with Gasteiger partial charge >= 0.3 is 0 Å². The van der Waals surface area contributed by atoms with Crippen LogP contribution in [0.3, 0.4) is 0 Å². The second-order valence-electron chi connectivity index (χ2n) is 5.29. The molecule has 2 nitrogen and oxygen atoms in total. The Bertz CT molecular complexity index is 411. The second-order valence-corrected chi connectivity index (χ2v) is 5.29. The highest BCUT2D eigenvalue weighted by Crippen LogP contribution is 2.31. The largest absolute Gasteiger partial charge is 0.494 e. The van der Waals surface area contributed by atoms with Crippen LogP contribution in [0.5, 0.6) is 5.75 Å². The topological polar surface area (TPSA) is 26.3 Å². The fourth-order valence-electron chi connectivity index (χ4n) is 2.76. The van der Waals surface area contributed by atoms with Gasteiger partial charge in [-0.15, -0.1) is 0 Å². The number of carbonyl (C=O) groups excluding carboxylic acids is 1. The van der Waals surface area contributed by atoms with Crippen molar-refractivity contribution in [1.29, 1.82) is 0 Å². The summed E-state index contributed by atoms with van der Waals surface area (Å²) in [5.41, 5.74) is 1.17. The van der Waals surface area contributed by atoms with E-state index in [0.29, 0.717) is 18.3 Å². The molecule has 0 spiro atoms. The minimum absolute atomic E-state index is 0.190. The molecule has 1 aromatic carbocycles. The average molecular weight is 246 g/mol. The zero-order valence-electron chi connectivity index (χ0n) is 11.3. The van der Waals surface area contributed by atoms with E-state index in [-0.39, 0.29) is 5.92 Å². The molecule has 0 aliphatic heterocycles. The van der Waals surface area contributed by atoms with Gasteiger partial charge in [0.25, 0.3) is 0 Å². The summed E-state index contributed by atoms with van der Waals surface area (Å²) in [5, 5.41) is 0. The summed E-state index contributed by atoms with van der Waals surface area (Å²) in [6.07, 6.45) is 3.67. The molecule has 1 aliphatic rings. The number of hydrogen-bond acceptors (Lipinski definition) is 2. The first-order valence-electron chi connectivity index (χ1n) is 6.94. The monoisotopic (exact) mass is 246 g/mol. The van der Waals surface area contributed by atoms with Gasteiger partial charge < -0.3 is 4.74 Å². The Labute approximate surface area is 109 Å². The van der Waals surface area contributed by atoms with E-state index >= 15 is 0 Å². The molecule has 0 bridgehead atoms. The van der Waals surface area contributed by atoms with E-state index in [1.165, 1.54) is 5.56 Å². The summed E-state index contributed by atoms with van der Waals surface area (Å²) in [7, 11) is 0. The highest BCUT2D eigenvalue weighted by atomic mass is 16.5. The van der Waals surface area contributed by atoms with E-state index in [0.717, 1.165) is 31.4 Å². The molecule has 2 unspecified atom stereocenters. The number of hydrogen-bond donors (Lipinski definition) is 0. The third-order valence-corrected chi connectivity index (χ3v) is 3.76. The Hall–Kier alpha value is -1.31. The maximum atomic E-state index is 12.0. The van der Waals surface area contributed by atoms with Crippen LogP contribution in [0.1, 0.15) is 38.7 Å². The predicted molar refractivity (Wildman–Crippen MR) is 72.8 cm³/mol. The molecule has 0 heterocycles. The van der Waals surface area contributed by atoms with Crippen LogP contribution in [0.15, 0.2) is 24.3 Å². The summed E-state index contributed by atoms with van der Waals surface area (Å²) < 4.78 is 5.63. The summed E-state index contributed by atoms with van der Waals surface area (Å²) in [4.78, 5) is 12.0. The van der Waals surface area contributed by atoms with Crippen molar-refractivity contribution in [2.45, 2.75) is 39.5 Å². The van der Waals surface area contributed by atoms with Crippen molar-refractivity contribution in [3.63, 3.8) is 0 Å². The van der Waals surface area contributed by atoms with Crippen LogP contribution in [0.25, 0.3) is 0 Å². The molecule has 18 heavy (non-hydrogen) atoms. The lowest BCUT2D eigenvalue weighted by atomic mass is 9.78. The van der Waals surface area contributed by atoms with Gasteiger partial charge in [-0.2, -0.15) is 0 Å². The molecule has 1 aromatic rings. The van der Waals surface area contributed by atoms with Crippen molar-refractivity contribution in [3.8, 4) is 5.75 Å². The van der Waals surface area contributed by atoms with Gasteiger partial charge in [0.1, 0.15) is 11.5 Å². The van der Waals surface area contributed by atoms with Crippen molar-refractivity contribution >= 4 is 5.78 Å². The van der Waals surface area contributed by atoms with Gasteiger partial charge in [0.15, 0.2) is 0 Å². The number of rotatable bonds is 4. The van der Waals surface area contributed by atoms with Gasteiger partial charge in [-0.05, 0) is 43.7 Å². The molecule has 0 N–H and O–H groups in total. The van der Waals surface area contributed by atoms with Crippen LogP contribution in [0.2, 0.25) is 0 Å². The molecule has 0 amide bonds. The maximum absolute atomic E-state index is 12.0. The van der Waals surface area contributed by atoms with Crippen molar-refractivity contribution in [3.05, 3.63) is 29.8 Å². The predicted octanol–water partition coefficient (Wildman–Crippen LogP) is 3.63. The highest BCUT2D eigenvalue weighted by molar-refractivity contribution is 5.82. The number of ketones is 1. The van der Waals surface area contributed by atoms with Crippen LogP contribution in [-0.4, -0.2) is 12.4 Å². The molecule has 2 atom stereocenters. The summed E-state index contributed by atoms with van der Waals surface area (Å²) >= 11 is 0. The smallest absolute Gasteiger partial charge is 0.136 e. The van der Waals surface area contributed by atoms with Crippen molar-refractivity contribution in [2.75, 3.05) is 6.61 Å². The molecule has 1 aliphatic carbocycles. The first-order valence-corrected chi connectivity index (χ1v) is 6.94. The minimum atomic E-state index is 0.190. The quantitative estimate of drug-likeness (QED) is 0.811. The molecule has 0 saturated heterocycles. The van der Waals surface area contributed by atoms with E-state index in [1.54, 1.807) is 0 Å². The molecule has 2 rings (SSSR count). The normalized spacial score (nSPS) is 24.0. The SMILES string of the molecule is CCOc1ccccc1CC1CC(C)CCC1=O. The number of Topliss-reactive ketones (excluding diaryl/α,β-unsaturated/α-hetero) is 1. The number of ether oxygens (including phenoxy) is 1. The number of benzene rings is 1. The molecule has 98 valence electrons. The minimum Gasteiger partial charge on any atom is -0.494 e. The van der Waals surface area contributed by atoms with Crippen LogP contribution in [0, 0.1) is 11.8 Å². The average Bonchev–Trinajstić information content (AvgIpc) is 2.36. The Morgan fingerprint density at radius 2 is 2.11 bits per heavy atom. The van der Waals surface area contributed by atoms with E-state index in [2.05, 4.69) is 13.0 Å². The van der Waals surface area contributed by atoms with E-state index in [4.69, 9.17) is 4.74 Å². The molecule has 1 fully saturated rings. The Morgan fingerprint density at radius 1 is 1.33 bits per heavy atom. The van der Waals surface area contributed by atoms with Crippen LogP contribution < -0.4 is 4.74 Å². The van der Waals surface area contributed by atoms with Crippen molar-refractivity contribution in [2.24, 2.45) is 11.8 Å². The number of carbonyl (C=O) groups is 1. The van der Waals surface area contributed by atoms with E-state index in [9.17, 15) is 4.79 Å². The van der Waals surface area contributed by atoms with Crippen molar-refractivity contribution < 1.29 is 9.53 Å². The zero-order chi connectivity index (χ0) is 13.0. The van der Waals surface area contributed by atoms with E-state index < -0.39 is 0 Å². The number of para-hydroxylation sites is 1. The lowest BCUT2D eigenvalue weighted by Crippen LogP contribution is -2.25.